The van der Waals surface area contributed by atoms with Gasteiger partial charge in [0.05, 0.1) is 25.8 Å². The van der Waals surface area contributed by atoms with Crippen LogP contribution in [0.5, 0.6) is 11.5 Å². The molecule has 4 aromatic rings. The van der Waals surface area contributed by atoms with E-state index in [2.05, 4.69) is 52.5 Å². The van der Waals surface area contributed by atoms with E-state index in [4.69, 9.17) is 21.1 Å². The molecule has 0 aliphatic carbocycles. The lowest BCUT2D eigenvalue weighted by atomic mass is 9.99. The molecule has 0 saturated carbocycles. The van der Waals surface area contributed by atoms with Gasteiger partial charge in [-0.3, -0.25) is 0 Å². The Bertz CT molecular complexity index is 1160. The zero-order valence-corrected chi connectivity index (χ0v) is 16.6. The zero-order chi connectivity index (χ0) is 19.7. The molecular weight excluding hydrogens is 374 g/mol. The van der Waals surface area contributed by atoms with Gasteiger partial charge < -0.3 is 14.8 Å². The number of rotatable bonds is 5. The summed E-state index contributed by atoms with van der Waals surface area (Å²) in [6.07, 6.45) is 0. The molecule has 28 heavy (non-hydrogen) atoms. The van der Waals surface area contributed by atoms with Crippen molar-refractivity contribution in [1.82, 2.24) is 9.97 Å². The van der Waals surface area contributed by atoms with Crippen molar-refractivity contribution in [2.45, 2.75) is 13.0 Å². The Hall–Kier alpha value is -3.05. The summed E-state index contributed by atoms with van der Waals surface area (Å²) in [6, 6.07) is 18.3. The Morgan fingerprint density at radius 1 is 0.893 bits per heavy atom. The van der Waals surface area contributed by atoms with Crippen LogP contribution in [-0.4, -0.2) is 24.2 Å². The fourth-order valence-corrected chi connectivity index (χ4v) is 3.62. The lowest BCUT2D eigenvalue weighted by molar-refractivity contribution is 0.356. The first kappa shape index (κ1) is 18.3. The molecule has 0 aliphatic heterocycles. The van der Waals surface area contributed by atoms with Crippen molar-refractivity contribution in [3.63, 3.8) is 0 Å². The van der Waals surface area contributed by atoms with E-state index in [1.807, 2.05) is 18.2 Å². The number of halogens is 1. The van der Waals surface area contributed by atoms with E-state index in [0.717, 1.165) is 5.39 Å². The van der Waals surface area contributed by atoms with Gasteiger partial charge in [-0.1, -0.05) is 42.5 Å². The number of methoxy groups -OCH3 is 2. The zero-order valence-electron chi connectivity index (χ0n) is 15.9. The summed E-state index contributed by atoms with van der Waals surface area (Å²) >= 11 is 6.18. The van der Waals surface area contributed by atoms with E-state index >= 15 is 0 Å². The van der Waals surface area contributed by atoms with Gasteiger partial charge in [-0.25, -0.2) is 9.97 Å². The number of hydrogen-bond donors (Lipinski definition) is 1. The van der Waals surface area contributed by atoms with Crippen LogP contribution in [0.4, 0.5) is 5.82 Å². The first-order chi connectivity index (χ1) is 13.6. The second kappa shape index (κ2) is 7.52. The van der Waals surface area contributed by atoms with E-state index in [9.17, 15) is 0 Å². The predicted octanol–water partition coefficient (Wildman–Crippen LogP) is 5.63. The molecule has 1 N–H and O–H groups in total. The SMILES string of the molecule is COc1cc2nc(Cl)nc(NC(C)c3cccc4ccccc34)c2cc1OC. The second-order valence-electron chi connectivity index (χ2n) is 6.50. The van der Waals surface area contributed by atoms with Crippen LogP contribution in [0.15, 0.2) is 54.6 Å². The van der Waals surface area contributed by atoms with Crippen LogP contribution < -0.4 is 14.8 Å². The maximum atomic E-state index is 6.18. The van der Waals surface area contributed by atoms with Gasteiger partial charge in [-0.05, 0) is 40.9 Å². The Morgan fingerprint density at radius 2 is 1.61 bits per heavy atom. The molecular formula is C22H20ClN3O2. The summed E-state index contributed by atoms with van der Waals surface area (Å²) in [5, 5.41) is 6.88. The molecule has 0 saturated heterocycles. The third kappa shape index (κ3) is 3.29. The van der Waals surface area contributed by atoms with Crippen molar-refractivity contribution in [3.05, 3.63) is 65.4 Å². The minimum Gasteiger partial charge on any atom is -0.493 e. The van der Waals surface area contributed by atoms with Crippen LogP contribution in [0.2, 0.25) is 5.28 Å². The minimum atomic E-state index is 0.00774. The van der Waals surface area contributed by atoms with Crippen LogP contribution in [-0.2, 0) is 0 Å². The highest BCUT2D eigenvalue weighted by molar-refractivity contribution is 6.28. The first-order valence-corrected chi connectivity index (χ1v) is 9.32. The number of anilines is 1. The molecule has 0 amide bonds. The number of hydrogen-bond acceptors (Lipinski definition) is 5. The van der Waals surface area contributed by atoms with Gasteiger partial charge in [-0.2, -0.15) is 0 Å². The molecule has 1 aromatic heterocycles. The second-order valence-corrected chi connectivity index (χ2v) is 6.84. The van der Waals surface area contributed by atoms with E-state index in [0.29, 0.717) is 22.8 Å². The van der Waals surface area contributed by atoms with Gasteiger partial charge in [0.25, 0.3) is 0 Å². The van der Waals surface area contributed by atoms with Crippen LogP contribution in [0.25, 0.3) is 21.7 Å². The summed E-state index contributed by atoms with van der Waals surface area (Å²) in [5.41, 5.74) is 1.87. The predicted molar refractivity (Wildman–Crippen MR) is 114 cm³/mol. The quantitative estimate of drug-likeness (QED) is 0.445. The normalized spacial score (nSPS) is 12.1. The minimum absolute atomic E-state index is 0.00774. The fourth-order valence-electron chi connectivity index (χ4n) is 3.45. The van der Waals surface area contributed by atoms with E-state index in [1.165, 1.54) is 16.3 Å². The molecule has 3 aromatic carbocycles. The summed E-state index contributed by atoms with van der Waals surface area (Å²) < 4.78 is 10.8. The van der Waals surface area contributed by atoms with Crippen LogP contribution >= 0.6 is 11.6 Å². The topological polar surface area (TPSA) is 56.3 Å². The van der Waals surface area contributed by atoms with Crippen molar-refractivity contribution in [1.29, 1.82) is 0 Å². The summed E-state index contributed by atoms with van der Waals surface area (Å²) in [5.74, 6) is 1.86. The highest BCUT2D eigenvalue weighted by atomic mass is 35.5. The van der Waals surface area contributed by atoms with Crippen molar-refractivity contribution in [3.8, 4) is 11.5 Å². The average molecular weight is 394 g/mol. The van der Waals surface area contributed by atoms with E-state index in [1.54, 1.807) is 20.3 Å². The van der Waals surface area contributed by atoms with Crippen LogP contribution in [0, 0.1) is 0 Å². The van der Waals surface area contributed by atoms with Crippen molar-refractivity contribution in [2.75, 3.05) is 19.5 Å². The molecule has 0 fully saturated rings. The number of nitrogens with one attached hydrogen (secondary N) is 1. The Labute approximate surface area is 168 Å². The molecule has 0 spiro atoms. The lowest BCUT2D eigenvalue weighted by Crippen LogP contribution is -2.09. The van der Waals surface area contributed by atoms with Gasteiger partial charge in [0, 0.05) is 11.5 Å². The Balaban J connectivity index is 1.80. The van der Waals surface area contributed by atoms with Crippen LogP contribution in [0.1, 0.15) is 18.5 Å². The number of ether oxygens (including phenoxy) is 2. The highest BCUT2D eigenvalue weighted by Crippen LogP contribution is 2.36. The molecule has 0 aliphatic rings. The van der Waals surface area contributed by atoms with Gasteiger partial charge in [0.1, 0.15) is 5.82 Å². The first-order valence-electron chi connectivity index (χ1n) is 8.94. The van der Waals surface area contributed by atoms with Crippen LogP contribution in [0.3, 0.4) is 0 Å². The summed E-state index contributed by atoms with van der Waals surface area (Å²) in [7, 11) is 3.19. The van der Waals surface area contributed by atoms with Gasteiger partial charge >= 0.3 is 0 Å². The molecule has 1 heterocycles. The monoisotopic (exact) mass is 393 g/mol. The molecule has 0 radical (unpaired) electrons. The maximum absolute atomic E-state index is 6.18. The average Bonchev–Trinajstić information content (AvgIpc) is 2.72. The van der Waals surface area contributed by atoms with Crippen molar-refractivity contribution < 1.29 is 9.47 Å². The fraction of sp³-hybridized carbons (Fsp3) is 0.182. The lowest BCUT2D eigenvalue weighted by Gasteiger charge is -2.19. The smallest absolute Gasteiger partial charge is 0.224 e. The molecule has 5 nitrogen and oxygen atoms in total. The summed E-state index contributed by atoms with van der Waals surface area (Å²) in [6.45, 7) is 2.10. The molecule has 1 unspecified atom stereocenters. The number of nitrogens with zero attached hydrogens (tertiary/aromatic N) is 2. The van der Waals surface area contributed by atoms with E-state index < -0.39 is 0 Å². The number of fused-ring (bicyclic) bond motifs is 2. The number of aromatic nitrogens is 2. The molecule has 1 atom stereocenters. The number of benzene rings is 3. The van der Waals surface area contributed by atoms with Gasteiger partial charge in [0.15, 0.2) is 11.5 Å². The molecule has 4 rings (SSSR count). The Kier molecular flexibility index (Phi) is 4.92. The van der Waals surface area contributed by atoms with E-state index in [-0.39, 0.29) is 11.3 Å². The maximum Gasteiger partial charge on any atom is 0.224 e. The highest BCUT2D eigenvalue weighted by Gasteiger charge is 2.16. The standard InChI is InChI=1S/C22H20ClN3O2/c1-13(15-10-6-8-14-7-4-5-9-16(14)15)24-21-17-11-19(27-2)20(28-3)12-18(17)25-22(23)26-21/h4-13H,1-3H3,(H,24,25,26). The molecule has 6 heteroatoms. The third-order valence-electron chi connectivity index (χ3n) is 4.82. The van der Waals surface area contributed by atoms with Gasteiger partial charge in [0.2, 0.25) is 5.28 Å². The van der Waals surface area contributed by atoms with Gasteiger partial charge in [-0.15, -0.1) is 0 Å². The van der Waals surface area contributed by atoms with Crippen molar-refractivity contribution >= 4 is 39.1 Å². The van der Waals surface area contributed by atoms with Crippen molar-refractivity contribution in [2.24, 2.45) is 0 Å². The Morgan fingerprint density at radius 3 is 2.39 bits per heavy atom. The summed E-state index contributed by atoms with van der Waals surface area (Å²) in [4.78, 5) is 8.75. The molecule has 142 valence electrons. The third-order valence-corrected chi connectivity index (χ3v) is 4.99. The largest absolute Gasteiger partial charge is 0.493 e. The molecule has 0 bridgehead atoms.